The summed E-state index contributed by atoms with van der Waals surface area (Å²) >= 11 is 0. The Bertz CT molecular complexity index is 262. The van der Waals surface area contributed by atoms with Gasteiger partial charge in [-0.3, -0.25) is 4.79 Å². The van der Waals surface area contributed by atoms with Crippen molar-refractivity contribution in [2.45, 2.75) is 51.9 Å². The van der Waals surface area contributed by atoms with Crippen LogP contribution in [0.25, 0.3) is 0 Å². The van der Waals surface area contributed by atoms with Crippen LogP contribution in [-0.2, 0) is 4.79 Å². The van der Waals surface area contributed by atoms with E-state index in [9.17, 15) is 4.79 Å². The largest absolute Gasteiger partial charge is 0.481 e. The second kappa shape index (κ2) is 12.8. The molecule has 0 unspecified atom stereocenters. The third-order valence-corrected chi connectivity index (χ3v) is 2.34. The summed E-state index contributed by atoms with van der Waals surface area (Å²) in [5, 5.41) is 8.44. The monoisotopic (exact) mass is 236 g/mol. The van der Waals surface area contributed by atoms with Gasteiger partial charge in [0, 0.05) is 6.42 Å². The van der Waals surface area contributed by atoms with E-state index in [0.717, 1.165) is 25.7 Å². The first-order valence-corrected chi connectivity index (χ1v) is 6.47. The minimum Gasteiger partial charge on any atom is -0.481 e. The van der Waals surface area contributed by atoms with E-state index >= 15 is 0 Å². The maximum Gasteiger partial charge on any atom is 0.303 e. The van der Waals surface area contributed by atoms with E-state index in [1.54, 1.807) is 0 Å². The Hall–Kier alpha value is -1.31. The van der Waals surface area contributed by atoms with Crippen LogP contribution in [0.4, 0.5) is 0 Å². The number of carboxylic acid groups (broad SMARTS) is 1. The Labute approximate surface area is 105 Å². The van der Waals surface area contributed by atoms with Crippen LogP contribution >= 0.6 is 0 Å². The number of hydrogen-bond donors (Lipinski definition) is 1. The number of unbranched alkanes of at least 4 members (excludes halogenated alkanes) is 4. The Kier molecular flexibility index (Phi) is 11.8. The van der Waals surface area contributed by atoms with Gasteiger partial charge in [0.1, 0.15) is 0 Å². The zero-order chi connectivity index (χ0) is 12.8. The Morgan fingerprint density at radius 1 is 0.941 bits per heavy atom. The molecule has 0 rings (SSSR count). The normalized spacial score (nSPS) is 12.1. The fourth-order valence-electron chi connectivity index (χ4n) is 1.34. The van der Waals surface area contributed by atoms with Crippen molar-refractivity contribution in [2.75, 3.05) is 0 Å². The lowest BCUT2D eigenvalue weighted by molar-refractivity contribution is -0.137. The molecule has 0 atom stereocenters. The fraction of sp³-hybridized carbons (Fsp3) is 0.533. The number of aliphatic carboxylic acids is 1. The van der Waals surface area contributed by atoms with Crippen molar-refractivity contribution in [2.24, 2.45) is 0 Å². The summed E-state index contributed by atoms with van der Waals surface area (Å²) in [5.74, 6) is -0.703. The molecule has 0 spiro atoms. The van der Waals surface area contributed by atoms with Gasteiger partial charge in [0.05, 0.1) is 0 Å². The van der Waals surface area contributed by atoms with Gasteiger partial charge in [0.15, 0.2) is 0 Å². The number of allylic oxidation sites excluding steroid dienone is 6. The van der Waals surface area contributed by atoms with Crippen molar-refractivity contribution in [3.05, 3.63) is 36.5 Å². The summed E-state index contributed by atoms with van der Waals surface area (Å²) < 4.78 is 0. The van der Waals surface area contributed by atoms with E-state index in [4.69, 9.17) is 5.11 Å². The standard InChI is InChI=1S/C15H24O2/c1-2-3-4-5-6-7-8-9-10-11-12-13-14-15(16)17/h5-10H,2-4,11-14H2,1H3,(H,16,17)/b6-5+,8-7+,10-9+. The predicted molar refractivity (Wildman–Crippen MR) is 73.0 cm³/mol. The quantitative estimate of drug-likeness (QED) is 0.448. The Morgan fingerprint density at radius 3 is 2.06 bits per heavy atom. The summed E-state index contributed by atoms with van der Waals surface area (Å²) in [6.07, 6.45) is 19.0. The smallest absolute Gasteiger partial charge is 0.303 e. The zero-order valence-corrected chi connectivity index (χ0v) is 10.8. The highest BCUT2D eigenvalue weighted by Gasteiger charge is 1.93. The lowest BCUT2D eigenvalue weighted by atomic mass is 10.2. The molecule has 0 saturated carbocycles. The molecule has 0 aliphatic carbocycles. The third kappa shape index (κ3) is 14.7. The molecule has 0 saturated heterocycles. The van der Waals surface area contributed by atoms with Crippen LogP contribution in [0.5, 0.6) is 0 Å². The lowest BCUT2D eigenvalue weighted by Crippen LogP contribution is -1.92. The molecule has 0 aliphatic rings. The molecular weight excluding hydrogens is 212 g/mol. The molecule has 96 valence electrons. The fourth-order valence-corrected chi connectivity index (χ4v) is 1.34. The van der Waals surface area contributed by atoms with Crippen molar-refractivity contribution in [1.82, 2.24) is 0 Å². The Morgan fingerprint density at radius 2 is 1.53 bits per heavy atom. The minimum atomic E-state index is -0.703. The van der Waals surface area contributed by atoms with Crippen molar-refractivity contribution in [3.63, 3.8) is 0 Å². The summed E-state index contributed by atoms with van der Waals surface area (Å²) in [6.45, 7) is 2.19. The van der Waals surface area contributed by atoms with E-state index in [0.29, 0.717) is 0 Å². The highest BCUT2D eigenvalue weighted by molar-refractivity contribution is 5.66. The van der Waals surface area contributed by atoms with Crippen LogP contribution in [0, 0.1) is 0 Å². The van der Waals surface area contributed by atoms with Crippen molar-refractivity contribution in [1.29, 1.82) is 0 Å². The van der Waals surface area contributed by atoms with Gasteiger partial charge in [-0.15, -0.1) is 0 Å². The first-order valence-electron chi connectivity index (χ1n) is 6.47. The molecule has 0 bridgehead atoms. The van der Waals surface area contributed by atoms with Gasteiger partial charge >= 0.3 is 5.97 Å². The second-order valence-corrected chi connectivity index (χ2v) is 4.02. The molecule has 0 aromatic heterocycles. The van der Waals surface area contributed by atoms with Gasteiger partial charge in [-0.2, -0.15) is 0 Å². The van der Waals surface area contributed by atoms with E-state index in [2.05, 4.69) is 25.2 Å². The number of rotatable bonds is 10. The topological polar surface area (TPSA) is 37.3 Å². The van der Waals surface area contributed by atoms with Crippen LogP contribution in [-0.4, -0.2) is 11.1 Å². The average molecular weight is 236 g/mol. The van der Waals surface area contributed by atoms with Crippen molar-refractivity contribution in [3.8, 4) is 0 Å². The maximum absolute atomic E-state index is 10.2. The lowest BCUT2D eigenvalue weighted by Gasteiger charge is -1.91. The van der Waals surface area contributed by atoms with Crippen LogP contribution in [0.15, 0.2) is 36.5 Å². The predicted octanol–water partition coefficient (Wildman–Crippen LogP) is 4.49. The Balaban J connectivity index is 3.37. The molecule has 0 aliphatic heterocycles. The van der Waals surface area contributed by atoms with Gasteiger partial charge in [0.25, 0.3) is 0 Å². The molecule has 0 amide bonds. The summed E-state index contributed by atoms with van der Waals surface area (Å²) in [7, 11) is 0. The molecular formula is C15H24O2. The highest BCUT2D eigenvalue weighted by Crippen LogP contribution is 2.00. The van der Waals surface area contributed by atoms with Crippen LogP contribution < -0.4 is 0 Å². The first-order chi connectivity index (χ1) is 8.27. The third-order valence-electron chi connectivity index (χ3n) is 2.34. The second-order valence-electron chi connectivity index (χ2n) is 4.02. The van der Waals surface area contributed by atoms with Gasteiger partial charge < -0.3 is 5.11 Å². The SMILES string of the molecule is CCCC/C=C/C=C/C=C/CCCCC(=O)O. The summed E-state index contributed by atoms with van der Waals surface area (Å²) in [4.78, 5) is 10.2. The first kappa shape index (κ1) is 15.7. The minimum absolute atomic E-state index is 0.282. The zero-order valence-electron chi connectivity index (χ0n) is 10.8. The van der Waals surface area contributed by atoms with Gasteiger partial charge in [0.2, 0.25) is 0 Å². The van der Waals surface area contributed by atoms with Crippen molar-refractivity contribution < 1.29 is 9.90 Å². The molecule has 0 fully saturated rings. The van der Waals surface area contributed by atoms with Crippen LogP contribution in [0.2, 0.25) is 0 Å². The molecule has 17 heavy (non-hydrogen) atoms. The van der Waals surface area contributed by atoms with E-state index < -0.39 is 5.97 Å². The number of carboxylic acids is 1. The van der Waals surface area contributed by atoms with Gasteiger partial charge in [-0.05, 0) is 25.7 Å². The highest BCUT2D eigenvalue weighted by atomic mass is 16.4. The molecule has 0 heterocycles. The van der Waals surface area contributed by atoms with Gasteiger partial charge in [-0.25, -0.2) is 0 Å². The molecule has 0 radical (unpaired) electrons. The van der Waals surface area contributed by atoms with E-state index in [-0.39, 0.29) is 6.42 Å². The van der Waals surface area contributed by atoms with Gasteiger partial charge in [-0.1, -0.05) is 56.2 Å². The average Bonchev–Trinajstić information content (AvgIpc) is 2.30. The molecule has 2 nitrogen and oxygen atoms in total. The van der Waals surface area contributed by atoms with Crippen molar-refractivity contribution >= 4 is 5.97 Å². The molecule has 2 heteroatoms. The van der Waals surface area contributed by atoms with Crippen LogP contribution in [0.3, 0.4) is 0 Å². The molecule has 0 aromatic carbocycles. The number of hydrogen-bond acceptors (Lipinski definition) is 1. The van der Waals surface area contributed by atoms with E-state index in [1.807, 2.05) is 18.2 Å². The number of carbonyl (C=O) groups is 1. The summed E-state index contributed by atoms with van der Waals surface area (Å²) in [6, 6.07) is 0. The van der Waals surface area contributed by atoms with Crippen LogP contribution in [0.1, 0.15) is 51.9 Å². The molecule has 1 N–H and O–H groups in total. The summed E-state index contributed by atoms with van der Waals surface area (Å²) in [5.41, 5.74) is 0. The maximum atomic E-state index is 10.2. The van der Waals surface area contributed by atoms with E-state index in [1.165, 1.54) is 12.8 Å². The molecule has 0 aromatic rings.